The van der Waals surface area contributed by atoms with Crippen molar-refractivity contribution in [3.8, 4) is 0 Å². The van der Waals surface area contributed by atoms with Crippen molar-refractivity contribution in [2.24, 2.45) is 5.92 Å². The molecule has 1 aliphatic heterocycles. The zero-order valence-electron chi connectivity index (χ0n) is 18.6. The molecule has 0 aromatic carbocycles. The number of aromatic nitrogens is 3. The molecule has 1 amide bonds. The summed E-state index contributed by atoms with van der Waals surface area (Å²) in [5.74, 6) is 0.764. The molecule has 1 aliphatic rings. The average Bonchev–Trinajstić information content (AvgIpc) is 3.09. The lowest BCUT2D eigenvalue weighted by Gasteiger charge is -2.34. The van der Waals surface area contributed by atoms with Gasteiger partial charge in [0.05, 0.1) is 29.9 Å². The number of carbonyl (C=O) groups is 1. The van der Waals surface area contributed by atoms with E-state index in [0.717, 1.165) is 36.4 Å². The number of morpholine rings is 1. The maximum atomic E-state index is 13.1. The Bertz CT molecular complexity index is 843. The molecule has 2 aromatic rings. The number of nitrogens with zero attached hydrogens (tertiary/aromatic N) is 4. The number of nitrogens with one attached hydrogen (secondary N) is 1. The summed E-state index contributed by atoms with van der Waals surface area (Å²) < 4.78 is 7.76. The van der Waals surface area contributed by atoms with Crippen molar-refractivity contribution >= 4 is 16.9 Å². The van der Waals surface area contributed by atoms with Gasteiger partial charge in [-0.3, -0.25) is 9.69 Å². The molecule has 2 aromatic heterocycles. The molecule has 1 unspecified atom stereocenters. The van der Waals surface area contributed by atoms with E-state index in [-0.39, 0.29) is 24.0 Å². The van der Waals surface area contributed by atoms with Crippen LogP contribution in [0.2, 0.25) is 0 Å². The van der Waals surface area contributed by atoms with Crippen LogP contribution in [0.25, 0.3) is 11.0 Å². The van der Waals surface area contributed by atoms with Crippen molar-refractivity contribution in [3.63, 3.8) is 0 Å². The highest BCUT2D eigenvalue weighted by molar-refractivity contribution is 6.05. The molecule has 7 heteroatoms. The third-order valence-corrected chi connectivity index (χ3v) is 5.25. The molecule has 1 fully saturated rings. The van der Waals surface area contributed by atoms with E-state index in [1.54, 1.807) is 6.20 Å². The van der Waals surface area contributed by atoms with Crippen LogP contribution in [0, 0.1) is 5.92 Å². The fourth-order valence-electron chi connectivity index (χ4n) is 3.79. The van der Waals surface area contributed by atoms with Gasteiger partial charge in [-0.25, -0.2) is 9.67 Å². The highest BCUT2D eigenvalue weighted by Crippen LogP contribution is 2.24. The zero-order chi connectivity index (χ0) is 21.1. The van der Waals surface area contributed by atoms with Gasteiger partial charge in [-0.2, -0.15) is 5.10 Å². The highest BCUT2D eigenvalue weighted by Gasteiger charge is 2.23. The number of hydrogen-bond donors (Lipinski definition) is 1. The van der Waals surface area contributed by atoms with Gasteiger partial charge < -0.3 is 10.1 Å². The molecule has 1 atom stereocenters. The minimum atomic E-state index is -0.0906. The van der Waals surface area contributed by atoms with E-state index in [4.69, 9.17) is 9.72 Å². The first-order valence-electron chi connectivity index (χ1n) is 10.8. The molecule has 29 heavy (non-hydrogen) atoms. The molecule has 160 valence electrons. The van der Waals surface area contributed by atoms with Crippen molar-refractivity contribution in [2.75, 3.05) is 32.8 Å². The standard InChI is InChI=1S/C22H35N5O2/c1-14(2)12-26-7-8-29-17(13-26)10-23-22(28)18-9-20(15(3)4)25-21-19(18)11-24-27(21)16(5)6/h9,11,14-17H,7-8,10,12-13H2,1-6H3,(H,23,28). The number of fused-ring (bicyclic) bond motifs is 1. The summed E-state index contributed by atoms with van der Waals surface area (Å²) >= 11 is 0. The highest BCUT2D eigenvalue weighted by atomic mass is 16.5. The minimum absolute atomic E-state index is 0.0201. The number of pyridine rings is 1. The average molecular weight is 402 g/mol. The second-order valence-electron chi connectivity index (χ2n) is 9.03. The summed E-state index contributed by atoms with van der Waals surface area (Å²) in [4.78, 5) is 20.3. The van der Waals surface area contributed by atoms with Crippen molar-refractivity contribution in [1.82, 2.24) is 25.0 Å². The Kier molecular flexibility index (Phi) is 6.90. The minimum Gasteiger partial charge on any atom is -0.374 e. The molecular weight excluding hydrogens is 366 g/mol. The summed E-state index contributed by atoms with van der Waals surface area (Å²) in [5.41, 5.74) is 2.32. The van der Waals surface area contributed by atoms with E-state index in [1.807, 2.05) is 10.7 Å². The van der Waals surface area contributed by atoms with E-state index in [0.29, 0.717) is 24.6 Å². The molecular formula is C22H35N5O2. The molecule has 0 spiro atoms. The maximum absolute atomic E-state index is 13.1. The number of hydrogen-bond acceptors (Lipinski definition) is 5. The summed E-state index contributed by atoms with van der Waals surface area (Å²) in [5, 5.41) is 8.35. The number of ether oxygens (including phenoxy) is 1. The Balaban J connectivity index is 1.76. The lowest BCUT2D eigenvalue weighted by Crippen LogP contribution is -2.48. The fraction of sp³-hybridized carbons (Fsp3) is 0.682. The third-order valence-electron chi connectivity index (χ3n) is 5.25. The largest absolute Gasteiger partial charge is 0.374 e. The van der Waals surface area contributed by atoms with Gasteiger partial charge in [0.15, 0.2) is 5.65 Å². The summed E-state index contributed by atoms with van der Waals surface area (Å²) in [7, 11) is 0. The quantitative estimate of drug-likeness (QED) is 0.771. The third kappa shape index (κ3) is 5.14. The predicted molar refractivity (Wildman–Crippen MR) is 115 cm³/mol. The zero-order valence-corrected chi connectivity index (χ0v) is 18.6. The predicted octanol–water partition coefficient (Wildman–Crippen LogP) is 3.22. The van der Waals surface area contributed by atoms with Gasteiger partial charge in [0, 0.05) is 37.9 Å². The van der Waals surface area contributed by atoms with Gasteiger partial charge in [-0.05, 0) is 31.7 Å². The van der Waals surface area contributed by atoms with Gasteiger partial charge >= 0.3 is 0 Å². The molecule has 3 rings (SSSR count). The number of amides is 1. The van der Waals surface area contributed by atoms with Gasteiger partial charge in [0.2, 0.25) is 0 Å². The Morgan fingerprint density at radius 3 is 2.69 bits per heavy atom. The monoisotopic (exact) mass is 401 g/mol. The smallest absolute Gasteiger partial charge is 0.252 e. The normalized spacial score (nSPS) is 18.3. The van der Waals surface area contributed by atoms with Crippen LogP contribution in [0.4, 0.5) is 0 Å². The first kappa shape index (κ1) is 21.7. The molecule has 0 saturated carbocycles. The fourth-order valence-corrected chi connectivity index (χ4v) is 3.79. The van der Waals surface area contributed by atoms with E-state index >= 15 is 0 Å². The van der Waals surface area contributed by atoms with Crippen molar-refractivity contribution < 1.29 is 9.53 Å². The van der Waals surface area contributed by atoms with Crippen LogP contribution >= 0.6 is 0 Å². The Hall–Kier alpha value is -1.99. The van der Waals surface area contributed by atoms with Crippen LogP contribution in [0.5, 0.6) is 0 Å². The SMILES string of the molecule is CC(C)CN1CCOC(CNC(=O)c2cc(C(C)C)nc3c2cnn3C(C)C)C1. The summed E-state index contributed by atoms with van der Waals surface area (Å²) in [6, 6.07) is 2.09. The topological polar surface area (TPSA) is 72.3 Å². The van der Waals surface area contributed by atoms with E-state index in [9.17, 15) is 4.79 Å². The number of rotatable bonds is 7. The Morgan fingerprint density at radius 2 is 2.03 bits per heavy atom. The van der Waals surface area contributed by atoms with Crippen LogP contribution in [-0.2, 0) is 4.74 Å². The summed E-state index contributed by atoms with van der Waals surface area (Å²) in [6.45, 7) is 16.9. The van der Waals surface area contributed by atoms with Gasteiger partial charge in [0.25, 0.3) is 5.91 Å². The van der Waals surface area contributed by atoms with Gasteiger partial charge in [-0.1, -0.05) is 27.7 Å². The van der Waals surface area contributed by atoms with Crippen LogP contribution in [0.15, 0.2) is 12.3 Å². The van der Waals surface area contributed by atoms with Crippen LogP contribution in [-0.4, -0.2) is 64.5 Å². The Labute approximate surface area is 173 Å². The molecule has 0 aliphatic carbocycles. The van der Waals surface area contributed by atoms with E-state index in [1.165, 1.54) is 0 Å². The van der Waals surface area contributed by atoms with Gasteiger partial charge in [-0.15, -0.1) is 0 Å². The molecule has 7 nitrogen and oxygen atoms in total. The van der Waals surface area contributed by atoms with E-state index < -0.39 is 0 Å². The van der Waals surface area contributed by atoms with E-state index in [2.05, 4.69) is 56.9 Å². The molecule has 0 radical (unpaired) electrons. The van der Waals surface area contributed by atoms with Crippen LogP contribution < -0.4 is 5.32 Å². The molecule has 1 N–H and O–H groups in total. The van der Waals surface area contributed by atoms with Crippen molar-refractivity contribution in [3.05, 3.63) is 23.5 Å². The molecule has 0 bridgehead atoms. The van der Waals surface area contributed by atoms with Crippen molar-refractivity contribution in [2.45, 2.75) is 59.6 Å². The number of carbonyl (C=O) groups excluding carboxylic acids is 1. The first-order chi connectivity index (χ1) is 13.8. The lowest BCUT2D eigenvalue weighted by molar-refractivity contribution is -0.0295. The van der Waals surface area contributed by atoms with Crippen LogP contribution in [0.3, 0.4) is 0 Å². The lowest BCUT2D eigenvalue weighted by atomic mass is 10.0. The first-order valence-corrected chi connectivity index (χ1v) is 10.8. The van der Waals surface area contributed by atoms with Crippen LogP contribution in [0.1, 0.15) is 69.6 Å². The van der Waals surface area contributed by atoms with Crippen molar-refractivity contribution in [1.29, 1.82) is 0 Å². The summed E-state index contributed by atoms with van der Waals surface area (Å²) in [6.07, 6.45) is 1.77. The second-order valence-corrected chi connectivity index (χ2v) is 9.03. The maximum Gasteiger partial charge on any atom is 0.252 e. The van der Waals surface area contributed by atoms with Gasteiger partial charge in [0.1, 0.15) is 0 Å². The molecule has 1 saturated heterocycles. The Morgan fingerprint density at radius 1 is 1.28 bits per heavy atom. The second kappa shape index (κ2) is 9.22. The molecule has 3 heterocycles.